The molecule has 2 heterocycles. The van der Waals surface area contributed by atoms with Gasteiger partial charge in [0.2, 0.25) is 11.8 Å². The van der Waals surface area contributed by atoms with Crippen molar-refractivity contribution in [3.05, 3.63) is 41.6 Å². The Kier molecular flexibility index (Phi) is 4.95. The van der Waals surface area contributed by atoms with E-state index >= 15 is 0 Å². The second kappa shape index (κ2) is 7.05. The third-order valence-electron chi connectivity index (χ3n) is 4.35. The third-order valence-corrected chi connectivity index (χ3v) is 4.35. The van der Waals surface area contributed by atoms with Crippen molar-refractivity contribution >= 4 is 17.6 Å². The van der Waals surface area contributed by atoms with E-state index in [-0.39, 0.29) is 35.8 Å². The minimum Gasteiger partial charge on any atom is -0.354 e. The molecule has 2 amide bonds. The van der Waals surface area contributed by atoms with E-state index in [4.69, 9.17) is 0 Å². The average Bonchev–Trinajstić information content (AvgIpc) is 2.93. The lowest BCUT2D eigenvalue weighted by Crippen LogP contribution is -2.44. The average molecular weight is 380 g/mol. The van der Waals surface area contributed by atoms with E-state index in [1.54, 1.807) is 13.0 Å². The Balaban J connectivity index is 1.86. The first-order chi connectivity index (χ1) is 12.6. The SMILES string of the molecule is Cc1cc(NC(=O)[C@@H]2CC(=O)N[C@H](C)C2)n(-c2cccc(C(F)(F)F)c2)n1. The Labute approximate surface area is 153 Å². The van der Waals surface area contributed by atoms with Gasteiger partial charge >= 0.3 is 6.18 Å². The van der Waals surface area contributed by atoms with Crippen LogP contribution in [0.25, 0.3) is 5.69 Å². The molecule has 0 radical (unpaired) electrons. The number of aromatic nitrogens is 2. The second-order valence-electron chi connectivity index (χ2n) is 6.73. The number of aryl methyl sites for hydroxylation is 1. The summed E-state index contributed by atoms with van der Waals surface area (Å²) in [6.45, 7) is 3.49. The minimum absolute atomic E-state index is 0.0762. The molecule has 6 nitrogen and oxygen atoms in total. The van der Waals surface area contributed by atoms with E-state index in [0.29, 0.717) is 12.1 Å². The largest absolute Gasteiger partial charge is 0.416 e. The number of carbonyl (C=O) groups excluding carboxylic acids is 2. The number of amides is 2. The summed E-state index contributed by atoms with van der Waals surface area (Å²) in [5.41, 5.74) is -0.0800. The highest BCUT2D eigenvalue weighted by Gasteiger charge is 2.32. The van der Waals surface area contributed by atoms with Crippen molar-refractivity contribution in [2.75, 3.05) is 5.32 Å². The number of anilines is 1. The van der Waals surface area contributed by atoms with Gasteiger partial charge in [0.1, 0.15) is 5.82 Å². The molecule has 9 heteroatoms. The summed E-state index contributed by atoms with van der Waals surface area (Å²) in [6, 6.07) is 6.17. The van der Waals surface area contributed by atoms with Gasteiger partial charge in [0.15, 0.2) is 0 Å². The molecule has 0 unspecified atom stereocenters. The number of carbonyl (C=O) groups is 2. The van der Waals surface area contributed by atoms with Crippen LogP contribution in [0.1, 0.15) is 31.0 Å². The number of hydrogen-bond donors (Lipinski definition) is 2. The van der Waals surface area contributed by atoms with E-state index in [1.165, 1.54) is 16.8 Å². The fourth-order valence-electron chi connectivity index (χ4n) is 3.15. The van der Waals surface area contributed by atoms with Crippen LogP contribution in [0.3, 0.4) is 0 Å². The maximum absolute atomic E-state index is 13.0. The smallest absolute Gasteiger partial charge is 0.354 e. The topological polar surface area (TPSA) is 76.0 Å². The standard InChI is InChI=1S/C18H19F3N4O2/c1-10-6-12(8-16(26)22-10)17(27)23-15-7-11(2)24-25(15)14-5-3-4-13(9-14)18(19,20)21/h3-5,7,9-10,12H,6,8H2,1-2H3,(H,22,26)(H,23,27)/t10-,12+/m1/s1. The summed E-state index contributed by atoms with van der Waals surface area (Å²) in [7, 11) is 0. The molecular weight excluding hydrogens is 361 g/mol. The molecule has 1 aliphatic heterocycles. The second-order valence-corrected chi connectivity index (χ2v) is 6.73. The van der Waals surface area contributed by atoms with E-state index in [2.05, 4.69) is 15.7 Å². The van der Waals surface area contributed by atoms with E-state index in [1.807, 2.05) is 6.92 Å². The molecule has 1 fully saturated rings. The molecule has 1 aromatic carbocycles. The fourth-order valence-corrected chi connectivity index (χ4v) is 3.15. The predicted octanol–water partition coefficient (Wildman–Crippen LogP) is 3.05. The Hall–Kier alpha value is -2.84. The zero-order valence-electron chi connectivity index (χ0n) is 14.8. The quantitative estimate of drug-likeness (QED) is 0.859. The van der Waals surface area contributed by atoms with Gasteiger partial charge in [0.25, 0.3) is 0 Å². The minimum atomic E-state index is -4.48. The predicted molar refractivity (Wildman–Crippen MR) is 92.3 cm³/mol. The van der Waals surface area contributed by atoms with Gasteiger partial charge in [-0.05, 0) is 38.5 Å². The van der Waals surface area contributed by atoms with Crippen LogP contribution < -0.4 is 10.6 Å². The monoisotopic (exact) mass is 380 g/mol. The lowest BCUT2D eigenvalue weighted by atomic mass is 9.92. The number of piperidine rings is 1. The van der Waals surface area contributed by atoms with Crippen LogP contribution in [0.15, 0.2) is 30.3 Å². The first-order valence-corrected chi connectivity index (χ1v) is 8.48. The van der Waals surface area contributed by atoms with Gasteiger partial charge in [0, 0.05) is 24.4 Å². The van der Waals surface area contributed by atoms with Crippen molar-refractivity contribution in [3.63, 3.8) is 0 Å². The maximum Gasteiger partial charge on any atom is 0.416 e. The Morgan fingerprint density at radius 3 is 2.74 bits per heavy atom. The van der Waals surface area contributed by atoms with Crippen LogP contribution in [-0.4, -0.2) is 27.6 Å². The van der Waals surface area contributed by atoms with Crippen molar-refractivity contribution in [3.8, 4) is 5.69 Å². The molecule has 2 atom stereocenters. The number of hydrogen-bond acceptors (Lipinski definition) is 3. The molecule has 0 bridgehead atoms. The van der Waals surface area contributed by atoms with Crippen LogP contribution in [0.4, 0.5) is 19.0 Å². The van der Waals surface area contributed by atoms with E-state index in [0.717, 1.165) is 12.1 Å². The third kappa shape index (κ3) is 4.29. The van der Waals surface area contributed by atoms with Crippen LogP contribution in [0, 0.1) is 12.8 Å². The Bertz CT molecular complexity index is 876. The van der Waals surface area contributed by atoms with Crippen molar-refractivity contribution in [1.82, 2.24) is 15.1 Å². The highest BCUT2D eigenvalue weighted by atomic mass is 19.4. The number of rotatable bonds is 3. The Morgan fingerprint density at radius 2 is 2.07 bits per heavy atom. The van der Waals surface area contributed by atoms with Crippen molar-refractivity contribution in [2.24, 2.45) is 5.92 Å². The van der Waals surface area contributed by atoms with Crippen molar-refractivity contribution in [1.29, 1.82) is 0 Å². The molecule has 3 rings (SSSR count). The highest BCUT2D eigenvalue weighted by molar-refractivity contribution is 5.95. The lowest BCUT2D eigenvalue weighted by Gasteiger charge is -2.26. The molecule has 2 N–H and O–H groups in total. The Morgan fingerprint density at radius 1 is 1.33 bits per heavy atom. The molecule has 1 aliphatic rings. The zero-order chi connectivity index (χ0) is 19.8. The van der Waals surface area contributed by atoms with Gasteiger partial charge in [-0.1, -0.05) is 6.07 Å². The highest BCUT2D eigenvalue weighted by Crippen LogP contribution is 2.31. The van der Waals surface area contributed by atoms with Crippen LogP contribution in [0.5, 0.6) is 0 Å². The van der Waals surface area contributed by atoms with Gasteiger partial charge in [-0.2, -0.15) is 18.3 Å². The normalized spacial score (nSPS) is 20.3. The molecule has 1 saturated heterocycles. The van der Waals surface area contributed by atoms with Crippen LogP contribution >= 0.6 is 0 Å². The zero-order valence-corrected chi connectivity index (χ0v) is 14.8. The van der Waals surface area contributed by atoms with Gasteiger partial charge in [-0.3, -0.25) is 9.59 Å². The number of benzene rings is 1. The van der Waals surface area contributed by atoms with Gasteiger partial charge in [-0.25, -0.2) is 4.68 Å². The molecule has 27 heavy (non-hydrogen) atoms. The maximum atomic E-state index is 13.0. The fraction of sp³-hybridized carbons (Fsp3) is 0.389. The molecule has 144 valence electrons. The summed E-state index contributed by atoms with van der Waals surface area (Å²) in [6.07, 6.45) is -3.91. The van der Waals surface area contributed by atoms with Crippen LogP contribution in [-0.2, 0) is 15.8 Å². The molecular formula is C18H19F3N4O2. The summed E-state index contributed by atoms with van der Waals surface area (Å²) in [4.78, 5) is 24.2. The summed E-state index contributed by atoms with van der Waals surface area (Å²) in [5.74, 6) is -0.796. The molecule has 0 aliphatic carbocycles. The first kappa shape index (κ1) is 18.9. The van der Waals surface area contributed by atoms with Crippen molar-refractivity contribution in [2.45, 2.75) is 38.9 Å². The number of nitrogens with one attached hydrogen (secondary N) is 2. The summed E-state index contributed by atoms with van der Waals surface area (Å²) >= 11 is 0. The van der Waals surface area contributed by atoms with E-state index in [9.17, 15) is 22.8 Å². The van der Waals surface area contributed by atoms with E-state index < -0.39 is 17.7 Å². The van der Waals surface area contributed by atoms with Gasteiger partial charge < -0.3 is 10.6 Å². The first-order valence-electron chi connectivity index (χ1n) is 8.48. The van der Waals surface area contributed by atoms with Gasteiger partial charge in [-0.15, -0.1) is 0 Å². The lowest BCUT2D eigenvalue weighted by molar-refractivity contribution is -0.137. The molecule has 2 aromatic rings. The summed E-state index contributed by atoms with van der Waals surface area (Å²) < 4.78 is 40.2. The molecule has 0 spiro atoms. The summed E-state index contributed by atoms with van der Waals surface area (Å²) in [5, 5.41) is 9.63. The number of alkyl halides is 3. The van der Waals surface area contributed by atoms with Crippen molar-refractivity contribution < 1.29 is 22.8 Å². The molecule has 1 aromatic heterocycles. The number of nitrogens with zero attached hydrogens (tertiary/aromatic N) is 2. The number of halogens is 3. The van der Waals surface area contributed by atoms with Gasteiger partial charge in [0.05, 0.1) is 16.9 Å². The van der Waals surface area contributed by atoms with Crippen LogP contribution in [0.2, 0.25) is 0 Å². The molecule has 0 saturated carbocycles.